The van der Waals surface area contributed by atoms with Gasteiger partial charge in [-0.2, -0.15) is 0 Å². The fraction of sp³-hybridized carbons (Fsp3) is 0.231. The van der Waals surface area contributed by atoms with E-state index in [1.165, 1.54) is 31.4 Å². The number of carboxylic acids is 1. The minimum absolute atomic E-state index is 0. The average Bonchev–Trinajstić information content (AvgIpc) is 2.36. The Kier molecular flexibility index (Phi) is 7.98. The second kappa shape index (κ2) is 8.63. The van der Waals surface area contributed by atoms with Gasteiger partial charge in [-0.25, -0.2) is 9.59 Å². The van der Waals surface area contributed by atoms with E-state index in [4.69, 9.17) is 10.2 Å². The van der Waals surface area contributed by atoms with Crippen molar-refractivity contribution >= 4 is 41.5 Å². The predicted octanol–water partition coefficient (Wildman–Crippen LogP) is 0.536. The number of aliphatic carboxylic acids is 1. The zero-order valence-electron chi connectivity index (χ0n) is 10.6. The van der Waals surface area contributed by atoms with Gasteiger partial charge in [0.2, 0.25) is 0 Å². The van der Waals surface area contributed by atoms with Crippen molar-refractivity contribution in [1.29, 1.82) is 0 Å². The number of benzene rings is 1. The molecule has 1 rings (SSSR count). The van der Waals surface area contributed by atoms with Crippen LogP contribution in [0.15, 0.2) is 36.0 Å². The number of nitrogens with one attached hydrogen (secondary N) is 1. The van der Waals surface area contributed by atoms with Gasteiger partial charge in [0.1, 0.15) is 11.8 Å². The van der Waals surface area contributed by atoms with Crippen LogP contribution in [-0.2, 0) is 14.3 Å². The van der Waals surface area contributed by atoms with Gasteiger partial charge in [-0.1, -0.05) is 12.1 Å². The molecule has 0 aliphatic rings. The number of phenolic OH excluding ortho intramolecular Hbond substituents is 1. The molecule has 0 amide bonds. The van der Waals surface area contributed by atoms with Gasteiger partial charge >= 0.3 is 41.5 Å². The van der Waals surface area contributed by atoms with Crippen LogP contribution in [-0.4, -0.2) is 58.8 Å². The Balaban J connectivity index is 0.00000361. The molecule has 104 valence electrons. The van der Waals surface area contributed by atoms with Crippen LogP contribution >= 0.6 is 0 Å². The van der Waals surface area contributed by atoms with E-state index >= 15 is 0 Å². The SMILES string of the molecule is COC(=O)/C=C(/C)NC(C(=O)O)c1ccc(O)cc1.[NaH]. The van der Waals surface area contributed by atoms with Crippen molar-refractivity contribution in [2.45, 2.75) is 13.0 Å². The molecule has 0 saturated heterocycles. The molecule has 0 radical (unpaired) electrons. The molecular weight excluding hydrogens is 273 g/mol. The van der Waals surface area contributed by atoms with Gasteiger partial charge in [0.25, 0.3) is 0 Å². The number of carboxylic acid groups (broad SMARTS) is 1. The number of carbonyl (C=O) groups is 2. The zero-order valence-corrected chi connectivity index (χ0v) is 10.6. The van der Waals surface area contributed by atoms with Crippen LogP contribution in [0.2, 0.25) is 0 Å². The molecule has 1 aromatic rings. The zero-order chi connectivity index (χ0) is 14.4. The van der Waals surface area contributed by atoms with Gasteiger partial charge in [0.05, 0.1) is 7.11 Å². The molecule has 0 aromatic heterocycles. The molecule has 6 nitrogen and oxygen atoms in total. The summed E-state index contributed by atoms with van der Waals surface area (Å²) in [4.78, 5) is 22.2. The van der Waals surface area contributed by atoms with E-state index in [9.17, 15) is 9.59 Å². The fourth-order valence-electron chi connectivity index (χ4n) is 1.46. The van der Waals surface area contributed by atoms with Crippen molar-refractivity contribution in [3.8, 4) is 5.75 Å². The molecule has 0 aliphatic heterocycles. The van der Waals surface area contributed by atoms with Crippen molar-refractivity contribution in [3.05, 3.63) is 41.6 Å². The van der Waals surface area contributed by atoms with Crippen LogP contribution in [0.4, 0.5) is 0 Å². The van der Waals surface area contributed by atoms with Crippen LogP contribution in [0.25, 0.3) is 0 Å². The summed E-state index contributed by atoms with van der Waals surface area (Å²) in [6.07, 6.45) is 1.16. The Bertz CT molecular complexity index is 498. The summed E-state index contributed by atoms with van der Waals surface area (Å²) in [6.45, 7) is 1.56. The van der Waals surface area contributed by atoms with Crippen LogP contribution in [0.1, 0.15) is 18.5 Å². The van der Waals surface area contributed by atoms with Gasteiger partial charge in [-0.05, 0) is 24.6 Å². The molecule has 0 bridgehead atoms. The van der Waals surface area contributed by atoms with E-state index in [2.05, 4.69) is 10.1 Å². The van der Waals surface area contributed by atoms with E-state index in [-0.39, 0.29) is 35.3 Å². The summed E-state index contributed by atoms with van der Waals surface area (Å²) in [5, 5.41) is 21.0. The molecule has 7 heteroatoms. The number of rotatable bonds is 5. The summed E-state index contributed by atoms with van der Waals surface area (Å²) in [5.74, 6) is -1.61. The maximum absolute atomic E-state index is 11.2. The molecular formula is C13H16NNaO5. The van der Waals surface area contributed by atoms with Crippen molar-refractivity contribution in [3.63, 3.8) is 0 Å². The van der Waals surface area contributed by atoms with E-state index < -0.39 is 18.0 Å². The van der Waals surface area contributed by atoms with Crippen LogP contribution in [0.3, 0.4) is 0 Å². The minimum atomic E-state index is -1.09. The summed E-state index contributed by atoms with van der Waals surface area (Å²) < 4.78 is 4.45. The van der Waals surface area contributed by atoms with Gasteiger partial charge in [-0.3, -0.25) is 0 Å². The number of aromatic hydroxyl groups is 1. The number of carbonyl (C=O) groups excluding carboxylic acids is 1. The van der Waals surface area contributed by atoms with Crippen LogP contribution in [0.5, 0.6) is 5.75 Å². The Hall–Kier alpha value is -1.50. The first-order chi connectivity index (χ1) is 8.93. The normalized spacial score (nSPS) is 12.0. The van der Waals surface area contributed by atoms with E-state index in [0.29, 0.717) is 11.3 Å². The van der Waals surface area contributed by atoms with Crippen molar-refractivity contribution in [1.82, 2.24) is 5.32 Å². The number of esters is 1. The number of allylic oxidation sites excluding steroid dienone is 1. The number of phenols is 1. The molecule has 0 saturated carbocycles. The molecule has 1 unspecified atom stereocenters. The summed E-state index contributed by atoms with van der Waals surface area (Å²) in [5.41, 5.74) is 0.829. The van der Waals surface area contributed by atoms with Gasteiger partial charge in [-0.15, -0.1) is 0 Å². The molecule has 0 fully saturated rings. The second-order valence-electron chi connectivity index (χ2n) is 3.86. The van der Waals surface area contributed by atoms with Crippen molar-refractivity contribution in [2.24, 2.45) is 0 Å². The standard InChI is InChI=1S/C13H15NO5.Na.H/c1-8(7-11(16)19-2)14-12(13(17)18)9-3-5-10(15)6-4-9;;/h3-7,12,14-15H,1-2H3,(H,17,18);;/b8-7-;;. The third-order valence-corrected chi connectivity index (χ3v) is 2.38. The Morgan fingerprint density at radius 3 is 2.30 bits per heavy atom. The first kappa shape index (κ1) is 18.5. The summed E-state index contributed by atoms with van der Waals surface area (Å²) in [7, 11) is 1.24. The first-order valence-electron chi connectivity index (χ1n) is 5.48. The molecule has 3 N–H and O–H groups in total. The van der Waals surface area contributed by atoms with Gasteiger partial charge in [0.15, 0.2) is 0 Å². The molecule has 1 aromatic carbocycles. The number of hydrogen-bond acceptors (Lipinski definition) is 5. The van der Waals surface area contributed by atoms with Crippen LogP contribution in [0, 0.1) is 0 Å². The Morgan fingerprint density at radius 1 is 1.30 bits per heavy atom. The number of methoxy groups -OCH3 is 1. The van der Waals surface area contributed by atoms with Crippen LogP contribution < -0.4 is 5.32 Å². The van der Waals surface area contributed by atoms with Gasteiger partial charge < -0.3 is 20.3 Å². The monoisotopic (exact) mass is 289 g/mol. The van der Waals surface area contributed by atoms with E-state index in [1.807, 2.05) is 0 Å². The summed E-state index contributed by atoms with van der Waals surface area (Å²) >= 11 is 0. The average molecular weight is 289 g/mol. The third-order valence-electron chi connectivity index (χ3n) is 2.38. The maximum atomic E-state index is 11.2. The predicted molar refractivity (Wildman–Crippen MR) is 74.5 cm³/mol. The molecule has 0 heterocycles. The quantitative estimate of drug-likeness (QED) is 0.416. The van der Waals surface area contributed by atoms with Gasteiger partial charge in [0, 0.05) is 11.8 Å². The molecule has 0 spiro atoms. The van der Waals surface area contributed by atoms with Crippen molar-refractivity contribution in [2.75, 3.05) is 7.11 Å². The number of ether oxygens (including phenoxy) is 1. The Labute approximate surface area is 138 Å². The Morgan fingerprint density at radius 2 is 1.85 bits per heavy atom. The van der Waals surface area contributed by atoms with E-state index in [1.54, 1.807) is 6.92 Å². The molecule has 1 atom stereocenters. The topological polar surface area (TPSA) is 95.9 Å². The van der Waals surface area contributed by atoms with E-state index in [0.717, 1.165) is 6.08 Å². The fourth-order valence-corrected chi connectivity index (χ4v) is 1.46. The third kappa shape index (κ3) is 5.64. The number of hydrogen-bond donors (Lipinski definition) is 3. The molecule has 20 heavy (non-hydrogen) atoms. The first-order valence-corrected chi connectivity index (χ1v) is 5.48. The summed E-state index contributed by atoms with van der Waals surface area (Å²) in [6, 6.07) is 4.76. The molecule has 0 aliphatic carbocycles. The second-order valence-corrected chi connectivity index (χ2v) is 3.86. The van der Waals surface area contributed by atoms with Crippen molar-refractivity contribution < 1.29 is 24.5 Å².